The third-order valence-electron chi connectivity index (χ3n) is 3.50. The zero-order valence-electron chi connectivity index (χ0n) is 12.1. The molecule has 1 saturated heterocycles. The number of aromatic nitrogens is 2. The van der Waals surface area contributed by atoms with E-state index in [0.29, 0.717) is 12.4 Å². The summed E-state index contributed by atoms with van der Waals surface area (Å²) >= 11 is 0. The first-order valence-electron chi connectivity index (χ1n) is 7.23. The molecule has 2 heterocycles. The fourth-order valence-electron chi connectivity index (χ4n) is 2.38. The van der Waals surface area contributed by atoms with Crippen LogP contribution in [-0.4, -0.2) is 43.3 Å². The number of sulfonamides is 1. The molecule has 1 aromatic heterocycles. The van der Waals surface area contributed by atoms with E-state index in [1.54, 1.807) is 24.5 Å². The van der Waals surface area contributed by atoms with Gasteiger partial charge in [-0.3, -0.25) is 0 Å². The van der Waals surface area contributed by atoms with E-state index in [1.165, 1.54) is 0 Å². The summed E-state index contributed by atoms with van der Waals surface area (Å²) in [5.74, 6) is 0.880. The molecule has 21 heavy (non-hydrogen) atoms. The van der Waals surface area contributed by atoms with Crippen molar-refractivity contribution in [3.63, 3.8) is 0 Å². The second-order valence-corrected chi connectivity index (χ2v) is 7.05. The standard InChI is InChI=1S/C14H22N4O2S/c1-2-3-4-12-21(19,20)17-13-6-10-18(11-7-13)14-15-8-5-9-16-14/h2,5,8-9,13,17H,1,3-4,6-7,10-12H2. The molecule has 0 bridgehead atoms. The monoisotopic (exact) mass is 310 g/mol. The molecule has 0 radical (unpaired) electrons. The van der Waals surface area contributed by atoms with E-state index in [1.807, 2.05) is 0 Å². The Hall–Kier alpha value is -1.47. The third kappa shape index (κ3) is 5.09. The fourth-order valence-corrected chi connectivity index (χ4v) is 3.79. The van der Waals surface area contributed by atoms with Crippen molar-refractivity contribution in [2.45, 2.75) is 31.7 Å². The van der Waals surface area contributed by atoms with Crippen LogP contribution in [0.5, 0.6) is 0 Å². The molecule has 116 valence electrons. The molecule has 0 saturated carbocycles. The number of rotatable bonds is 7. The van der Waals surface area contributed by atoms with Gasteiger partial charge in [0.25, 0.3) is 0 Å². The number of nitrogens with zero attached hydrogens (tertiary/aromatic N) is 3. The second-order valence-electron chi connectivity index (χ2n) is 5.18. The Morgan fingerprint density at radius 1 is 1.33 bits per heavy atom. The van der Waals surface area contributed by atoms with Gasteiger partial charge >= 0.3 is 0 Å². The molecule has 1 aromatic rings. The molecule has 0 unspecified atom stereocenters. The molecule has 0 spiro atoms. The van der Waals surface area contributed by atoms with Gasteiger partial charge in [0.2, 0.25) is 16.0 Å². The van der Waals surface area contributed by atoms with E-state index in [2.05, 4.69) is 26.2 Å². The zero-order chi connectivity index (χ0) is 15.1. The summed E-state index contributed by atoms with van der Waals surface area (Å²) in [4.78, 5) is 10.5. The average Bonchev–Trinajstić information content (AvgIpc) is 2.49. The highest BCUT2D eigenvalue weighted by Crippen LogP contribution is 2.16. The lowest BCUT2D eigenvalue weighted by atomic mass is 10.1. The van der Waals surface area contributed by atoms with Crippen molar-refractivity contribution in [3.8, 4) is 0 Å². The van der Waals surface area contributed by atoms with Gasteiger partial charge in [-0.15, -0.1) is 6.58 Å². The first-order valence-corrected chi connectivity index (χ1v) is 8.89. The van der Waals surface area contributed by atoms with Gasteiger partial charge in [0, 0.05) is 31.5 Å². The van der Waals surface area contributed by atoms with Crippen LogP contribution in [0.25, 0.3) is 0 Å². The van der Waals surface area contributed by atoms with E-state index in [0.717, 1.165) is 32.4 Å². The summed E-state index contributed by atoms with van der Waals surface area (Å²) < 4.78 is 26.7. The highest BCUT2D eigenvalue weighted by atomic mass is 32.2. The molecule has 0 atom stereocenters. The van der Waals surface area contributed by atoms with Crippen molar-refractivity contribution in [1.29, 1.82) is 0 Å². The van der Waals surface area contributed by atoms with E-state index >= 15 is 0 Å². The lowest BCUT2D eigenvalue weighted by molar-refractivity contribution is 0.456. The minimum atomic E-state index is -3.18. The summed E-state index contributed by atoms with van der Waals surface area (Å²) in [6, 6.07) is 1.80. The summed E-state index contributed by atoms with van der Waals surface area (Å²) in [5.41, 5.74) is 0. The molecule has 7 heteroatoms. The van der Waals surface area contributed by atoms with Gasteiger partial charge in [-0.2, -0.15) is 0 Å². The summed E-state index contributed by atoms with van der Waals surface area (Å²) in [6.07, 6.45) is 8.08. The molecule has 1 fully saturated rings. The van der Waals surface area contributed by atoms with Crippen LogP contribution in [0.4, 0.5) is 5.95 Å². The van der Waals surface area contributed by atoms with Crippen LogP contribution >= 0.6 is 0 Å². The van der Waals surface area contributed by atoms with Crippen LogP contribution in [-0.2, 0) is 10.0 Å². The topological polar surface area (TPSA) is 75.2 Å². The van der Waals surface area contributed by atoms with Gasteiger partial charge < -0.3 is 4.90 Å². The van der Waals surface area contributed by atoms with E-state index in [-0.39, 0.29) is 11.8 Å². The molecule has 0 aliphatic carbocycles. The Labute approximate surface area is 126 Å². The predicted octanol–water partition coefficient (Wildman–Crippen LogP) is 1.33. The highest BCUT2D eigenvalue weighted by molar-refractivity contribution is 7.89. The Morgan fingerprint density at radius 3 is 2.62 bits per heavy atom. The summed E-state index contributed by atoms with van der Waals surface area (Å²) in [5, 5.41) is 0. The van der Waals surface area contributed by atoms with Crippen molar-refractivity contribution < 1.29 is 8.42 Å². The van der Waals surface area contributed by atoms with Gasteiger partial charge in [-0.1, -0.05) is 6.08 Å². The molecular formula is C14H22N4O2S. The summed E-state index contributed by atoms with van der Waals surface area (Å²) in [7, 11) is -3.18. The van der Waals surface area contributed by atoms with Crippen LogP contribution < -0.4 is 9.62 Å². The lowest BCUT2D eigenvalue weighted by Crippen LogP contribution is -2.45. The fraction of sp³-hybridized carbons (Fsp3) is 0.571. The van der Waals surface area contributed by atoms with E-state index < -0.39 is 10.0 Å². The van der Waals surface area contributed by atoms with Gasteiger partial charge in [0.15, 0.2) is 0 Å². The normalized spacial score (nSPS) is 16.9. The van der Waals surface area contributed by atoms with Crippen molar-refractivity contribution in [3.05, 3.63) is 31.1 Å². The van der Waals surface area contributed by atoms with E-state index in [4.69, 9.17) is 0 Å². The number of unbranched alkanes of at least 4 members (excludes halogenated alkanes) is 1. The first-order chi connectivity index (χ1) is 10.1. The number of anilines is 1. The van der Waals surface area contributed by atoms with Crippen molar-refractivity contribution in [1.82, 2.24) is 14.7 Å². The Balaban J connectivity index is 1.80. The molecule has 6 nitrogen and oxygen atoms in total. The Bertz CT molecular complexity index is 539. The number of piperidine rings is 1. The summed E-state index contributed by atoms with van der Waals surface area (Å²) in [6.45, 7) is 5.14. The van der Waals surface area contributed by atoms with Crippen molar-refractivity contribution in [2.24, 2.45) is 0 Å². The average molecular weight is 310 g/mol. The molecule has 1 aliphatic heterocycles. The second kappa shape index (κ2) is 7.51. The Morgan fingerprint density at radius 2 is 2.00 bits per heavy atom. The van der Waals surface area contributed by atoms with E-state index in [9.17, 15) is 8.42 Å². The Kier molecular flexibility index (Phi) is 5.69. The maximum Gasteiger partial charge on any atom is 0.225 e. The largest absolute Gasteiger partial charge is 0.341 e. The quantitative estimate of drug-likeness (QED) is 0.607. The minimum Gasteiger partial charge on any atom is -0.341 e. The number of allylic oxidation sites excluding steroid dienone is 1. The molecular weight excluding hydrogens is 288 g/mol. The minimum absolute atomic E-state index is 0.0127. The van der Waals surface area contributed by atoms with Gasteiger partial charge in [-0.05, 0) is 31.7 Å². The maximum atomic E-state index is 11.9. The molecule has 0 aromatic carbocycles. The number of nitrogens with one attached hydrogen (secondary N) is 1. The van der Waals surface area contributed by atoms with Gasteiger partial charge in [-0.25, -0.2) is 23.1 Å². The third-order valence-corrected chi connectivity index (χ3v) is 5.02. The number of hydrogen-bond donors (Lipinski definition) is 1. The first kappa shape index (κ1) is 15.9. The SMILES string of the molecule is C=CCCCS(=O)(=O)NC1CCN(c2ncccn2)CC1. The van der Waals surface area contributed by atoms with Crippen molar-refractivity contribution in [2.75, 3.05) is 23.7 Å². The highest BCUT2D eigenvalue weighted by Gasteiger charge is 2.24. The van der Waals surface area contributed by atoms with Crippen LogP contribution in [0.3, 0.4) is 0 Å². The smallest absolute Gasteiger partial charge is 0.225 e. The maximum absolute atomic E-state index is 11.9. The number of hydrogen-bond acceptors (Lipinski definition) is 5. The van der Waals surface area contributed by atoms with Crippen LogP contribution in [0.2, 0.25) is 0 Å². The zero-order valence-corrected chi connectivity index (χ0v) is 12.9. The predicted molar refractivity (Wildman–Crippen MR) is 83.6 cm³/mol. The van der Waals surface area contributed by atoms with Gasteiger partial charge in [0.1, 0.15) is 0 Å². The van der Waals surface area contributed by atoms with Crippen LogP contribution in [0.1, 0.15) is 25.7 Å². The van der Waals surface area contributed by atoms with Crippen LogP contribution in [0.15, 0.2) is 31.1 Å². The van der Waals surface area contributed by atoms with Crippen molar-refractivity contribution >= 4 is 16.0 Å². The lowest BCUT2D eigenvalue weighted by Gasteiger charge is -2.32. The van der Waals surface area contributed by atoms with Crippen LogP contribution in [0, 0.1) is 0 Å². The van der Waals surface area contributed by atoms with Gasteiger partial charge in [0.05, 0.1) is 5.75 Å². The molecule has 0 amide bonds. The molecule has 1 N–H and O–H groups in total. The molecule has 1 aliphatic rings. The molecule has 2 rings (SSSR count).